The lowest BCUT2D eigenvalue weighted by molar-refractivity contribution is -0.142. The van der Waals surface area contributed by atoms with Crippen molar-refractivity contribution in [3.63, 3.8) is 0 Å². The maximum atomic E-state index is 14.0. The van der Waals surface area contributed by atoms with E-state index >= 15 is 0 Å². The van der Waals surface area contributed by atoms with Gasteiger partial charge in [0.25, 0.3) is 0 Å². The summed E-state index contributed by atoms with van der Waals surface area (Å²) in [4.78, 5) is 39.0. The smallest absolute Gasteiger partial charge is 0.307 e. The fourth-order valence-corrected chi connectivity index (χ4v) is 4.64. The van der Waals surface area contributed by atoms with Crippen molar-refractivity contribution in [1.82, 2.24) is 10.2 Å². The van der Waals surface area contributed by atoms with Gasteiger partial charge in [0.15, 0.2) is 0 Å². The number of aliphatic carboxylic acids is 1. The third kappa shape index (κ3) is 6.80. The molecule has 0 saturated carbocycles. The summed E-state index contributed by atoms with van der Waals surface area (Å²) < 4.78 is 14.0. The Morgan fingerprint density at radius 2 is 1.62 bits per heavy atom. The number of carbonyl (C=O) groups excluding carboxylic acids is 2. The molecule has 4 rings (SSSR count). The van der Waals surface area contributed by atoms with Crippen LogP contribution in [0.1, 0.15) is 34.2 Å². The van der Waals surface area contributed by atoms with Gasteiger partial charge in [0.05, 0.1) is 6.42 Å². The van der Waals surface area contributed by atoms with Crippen molar-refractivity contribution in [2.45, 2.75) is 50.9 Å². The summed E-state index contributed by atoms with van der Waals surface area (Å²) in [7, 11) is 0. The Kier molecular flexibility index (Phi) is 8.30. The molecule has 192 valence electrons. The van der Waals surface area contributed by atoms with Crippen LogP contribution in [0.4, 0.5) is 4.39 Å². The van der Waals surface area contributed by atoms with Gasteiger partial charge in [-0.3, -0.25) is 14.4 Å². The lowest BCUT2D eigenvalue weighted by Crippen LogP contribution is -2.53. The minimum Gasteiger partial charge on any atom is -0.481 e. The number of carboxylic acid groups (broad SMARTS) is 1. The lowest BCUT2D eigenvalue weighted by atomic mass is 9.92. The average Bonchev–Trinajstić information content (AvgIpc) is 2.88. The number of fused-ring (bicyclic) bond motifs is 1. The summed E-state index contributed by atoms with van der Waals surface area (Å²) in [6, 6.07) is 19.8. The zero-order valence-corrected chi connectivity index (χ0v) is 20.4. The Hall–Kier alpha value is -4.04. The quantitative estimate of drug-likeness (QED) is 0.416. The summed E-state index contributed by atoms with van der Waals surface area (Å²) in [5.41, 5.74) is 10.2. The number of rotatable bonds is 9. The highest BCUT2D eigenvalue weighted by atomic mass is 19.1. The van der Waals surface area contributed by atoms with Gasteiger partial charge in [-0.05, 0) is 40.3 Å². The first-order valence-corrected chi connectivity index (χ1v) is 12.2. The van der Waals surface area contributed by atoms with Crippen LogP contribution in [0.15, 0.2) is 72.8 Å². The van der Waals surface area contributed by atoms with Gasteiger partial charge in [0, 0.05) is 32.0 Å². The van der Waals surface area contributed by atoms with E-state index in [4.69, 9.17) is 10.8 Å². The SMILES string of the molecule is N[C@H](CC(=O)N1Cc2ccccc2CC1C(=O)NCc1ccc(CC(=O)O)cc1)Cc1ccccc1F. The standard InChI is InChI=1S/C29H30FN3O4/c30-25-8-4-3-6-22(25)14-24(31)16-27(34)33-18-23-7-2-1-5-21(23)15-26(33)29(37)32-17-20-11-9-19(10-12-20)13-28(35)36/h1-12,24,26H,13-18,31H2,(H,32,37)(H,35,36)/t24-,26?/m0/s1. The first kappa shape index (κ1) is 26.0. The minimum atomic E-state index is -0.906. The van der Waals surface area contributed by atoms with E-state index in [1.54, 1.807) is 47.4 Å². The summed E-state index contributed by atoms with van der Waals surface area (Å²) >= 11 is 0. The number of nitrogens with two attached hydrogens (primary N) is 1. The number of amides is 2. The second-order valence-corrected chi connectivity index (χ2v) is 9.37. The monoisotopic (exact) mass is 503 g/mol. The van der Waals surface area contributed by atoms with Crippen LogP contribution in [-0.2, 0) is 46.7 Å². The maximum absolute atomic E-state index is 14.0. The van der Waals surface area contributed by atoms with E-state index in [2.05, 4.69) is 5.32 Å². The van der Waals surface area contributed by atoms with Crippen LogP contribution in [0.25, 0.3) is 0 Å². The molecular formula is C29H30FN3O4. The van der Waals surface area contributed by atoms with E-state index < -0.39 is 18.1 Å². The van der Waals surface area contributed by atoms with Gasteiger partial charge in [-0.15, -0.1) is 0 Å². The van der Waals surface area contributed by atoms with Crippen LogP contribution < -0.4 is 11.1 Å². The van der Waals surface area contributed by atoms with Crippen LogP contribution >= 0.6 is 0 Å². The molecular weight excluding hydrogens is 473 g/mol. The Bertz CT molecular complexity index is 1280. The van der Waals surface area contributed by atoms with Crippen molar-refractivity contribution in [2.24, 2.45) is 5.73 Å². The molecule has 0 saturated heterocycles. The highest BCUT2D eigenvalue weighted by molar-refractivity contribution is 5.88. The van der Waals surface area contributed by atoms with Gasteiger partial charge in [0.1, 0.15) is 11.9 Å². The molecule has 4 N–H and O–H groups in total. The molecule has 7 nitrogen and oxygen atoms in total. The first-order chi connectivity index (χ1) is 17.8. The van der Waals surface area contributed by atoms with E-state index in [1.807, 2.05) is 24.3 Å². The summed E-state index contributed by atoms with van der Waals surface area (Å²) in [5.74, 6) is -1.79. The Balaban J connectivity index is 1.44. The topological polar surface area (TPSA) is 113 Å². The number of carboxylic acids is 1. The molecule has 0 aromatic heterocycles. The van der Waals surface area contributed by atoms with Gasteiger partial charge in [-0.25, -0.2) is 4.39 Å². The molecule has 0 spiro atoms. The normalized spacial score (nSPS) is 15.5. The molecule has 37 heavy (non-hydrogen) atoms. The fourth-order valence-electron chi connectivity index (χ4n) is 4.64. The molecule has 0 aliphatic carbocycles. The Morgan fingerprint density at radius 3 is 2.32 bits per heavy atom. The van der Waals surface area contributed by atoms with Crippen molar-refractivity contribution >= 4 is 17.8 Å². The molecule has 3 aromatic carbocycles. The van der Waals surface area contributed by atoms with Gasteiger partial charge in [-0.1, -0.05) is 66.7 Å². The minimum absolute atomic E-state index is 0.00861. The molecule has 2 amide bonds. The highest BCUT2D eigenvalue weighted by Crippen LogP contribution is 2.25. The zero-order valence-electron chi connectivity index (χ0n) is 20.4. The molecule has 1 aliphatic heterocycles. The zero-order chi connectivity index (χ0) is 26.4. The van der Waals surface area contributed by atoms with Crippen LogP contribution in [0, 0.1) is 5.82 Å². The average molecular weight is 504 g/mol. The molecule has 8 heteroatoms. The maximum Gasteiger partial charge on any atom is 0.307 e. The van der Waals surface area contributed by atoms with Gasteiger partial charge >= 0.3 is 5.97 Å². The predicted molar refractivity (Wildman–Crippen MR) is 137 cm³/mol. The fraction of sp³-hybridized carbons (Fsp3) is 0.276. The highest BCUT2D eigenvalue weighted by Gasteiger charge is 2.34. The van der Waals surface area contributed by atoms with Crippen molar-refractivity contribution in [3.05, 3.63) is 106 Å². The number of hydrogen-bond acceptors (Lipinski definition) is 4. The third-order valence-electron chi connectivity index (χ3n) is 6.59. The number of nitrogens with zero attached hydrogens (tertiary/aromatic N) is 1. The van der Waals surface area contributed by atoms with Crippen LogP contribution in [0.3, 0.4) is 0 Å². The van der Waals surface area contributed by atoms with Crippen molar-refractivity contribution < 1.29 is 23.9 Å². The van der Waals surface area contributed by atoms with Gasteiger partial charge in [-0.2, -0.15) is 0 Å². The molecule has 1 unspecified atom stereocenters. The Morgan fingerprint density at radius 1 is 0.973 bits per heavy atom. The lowest BCUT2D eigenvalue weighted by Gasteiger charge is -2.36. The van der Waals surface area contributed by atoms with Crippen molar-refractivity contribution in [1.29, 1.82) is 0 Å². The van der Waals surface area contributed by atoms with E-state index in [0.717, 1.165) is 16.7 Å². The summed E-state index contributed by atoms with van der Waals surface area (Å²) in [6.07, 6.45) is 0.529. The molecule has 1 aliphatic rings. The Labute approximate surface area is 215 Å². The molecule has 3 aromatic rings. The number of carbonyl (C=O) groups is 3. The number of hydrogen-bond donors (Lipinski definition) is 3. The van der Waals surface area contributed by atoms with Gasteiger partial charge in [0.2, 0.25) is 11.8 Å². The molecule has 0 bridgehead atoms. The number of benzene rings is 3. The van der Waals surface area contributed by atoms with E-state index in [9.17, 15) is 18.8 Å². The first-order valence-electron chi connectivity index (χ1n) is 12.2. The predicted octanol–water partition coefficient (Wildman–Crippen LogP) is 2.98. The van der Waals surface area contributed by atoms with Crippen LogP contribution in [0.5, 0.6) is 0 Å². The summed E-state index contributed by atoms with van der Waals surface area (Å²) in [6.45, 7) is 0.544. The van der Waals surface area contributed by atoms with Crippen LogP contribution in [-0.4, -0.2) is 39.9 Å². The van der Waals surface area contributed by atoms with E-state index in [-0.39, 0.29) is 43.4 Å². The molecule has 0 radical (unpaired) electrons. The second-order valence-electron chi connectivity index (χ2n) is 9.37. The number of nitrogens with one attached hydrogen (secondary N) is 1. The molecule has 1 heterocycles. The molecule has 0 fully saturated rings. The number of halogens is 1. The van der Waals surface area contributed by atoms with Gasteiger partial charge < -0.3 is 21.1 Å². The van der Waals surface area contributed by atoms with Crippen LogP contribution in [0.2, 0.25) is 0 Å². The second kappa shape index (κ2) is 11.8. The van der Waals surface area contributed by atoms with E-state index in [0.29, 0.717) is 24.1 Å². The summed E-state index contributed by atoms with van der Waals surface area (Å²) in [5, 5.41) is 11.8. The third-order valence-corrected chi connectivity index (χ3v) is 6.59. The van der Waals surface area contributed by atoms with Crippen molar-refractivity contribution in [2.75, 3.05) is 0 Å². The van der Waals surface area contributed by atoms with E-state index in [1.165, 1.54) is 6.07 Å². The molecule has 2 atom stereocenters. The largest absolute Gasteiger partial charge is 0.481 e. The van der Waals surface area contributed by atoms with Crippen molar-refractivity contribution in [3.8, 4) is 0 Å².